The lowest BCUT2D eigenvalue weighted by molar-refractivity contribution is 0.113. The summed E-state index contributed by atoms with van der Waals surface area (Å²) in [5.74, 6) is 2.16. The number of anilines is 2. The van der Waals surface area contributed by atoms with Crippen LogP contribution in [0.5, 0.6) is 0 Å². The maximum absolute atomic E-state index is 5.70. The predicted octanol–water partition coefficient (Wildman–Crippen LogP) is 0.923. The molecule has 2 rings (SSSR count). The highest BCUT2D eigenvalue weighted by Gasteiger charge is 2.21. The molecular formula is C14H25N5O. The van der Waals surface area contributed by atoms with Gasteiger partial charge in [0.25, 0.3) is 0 Å². The van der Waals surface area contributed by atoms with E-state index in [0.29, 0.717) is 5.92 Å². The molecular weight excluding hydrogens is 254 g/mol. The Morgan fingerprint density at radius 3 is 3.10 bits per heavy atom. The van der Waals surface area contributed by atoms with E-state index in [2.05, 4.69) is 46.1 Å². The highest BCUT2D eigenvalue weighted by Crippen LogP contribution is 2.15. The number of ether oxygens (including phenoxy) is 1. The minimum absolute atomic E-state index is 0.485. The lowest BCUT2D eigenvalue weighted by atomic mass is 10.1. The van der Waals surface area contributed by atoms with Crippen LogP contribution in [-0.2, 0) is 4.74 Å². The third-order valence-electron chi connectivity index (χ3n) is 3.24. The molecule has 0 aliphatic carbocycles. The number of nitrogens with one attached hydrogen (secondary N) is 1. The van der Waals surface area contributed by atoms with Crippen LogP contribution in [0.25, 0.3) is 0 Å². The molecule has 112 valence electrons. The smallest absolute Gasteiger partial charge is 0.227 e. The summed E-state index contributed by atoms with van der Waals surface area (Å²) in [5, 5.41) is 3.23. The van der Waals surface area contributed by atoms with Crippen LogP contribution >= 0.6 is 0 Å². The highest BCUT2D eigenvalue weighted by atomic mass is 16.5. The first-order valence-corrected chi connectivity index (χ1v) is 7.23. The monoisotopic (exact) mass is 279 g/mol. The van der Waals surface area contributed by atoms with Crippen molar-refractivity contribution in [3.8, 4) is 0 Å². The third kappa shape index (κ3) is 4.31. The molecule has 6 nitrogen and oxygen atoms in total. The fourth-order valence-corrected chi connectivity index (χ4v) is 2.47. The Kier molecular flexibility index (Phi) is 5.55. The van der Waals surface area contributed by atoms with Gasteiger partial charge in [0.1, 0.15) is 5.82 Å². The first kappa shape index (κ1) is 15.0. The fourth-order valence-electron chi connectivity index (χ4n) is 2.47. The van der Waals surface area contributed by atoms with E-state index in [0.717, 1.165) is 51.2 Å². The van der Waals surface area contributed by atoms with Gasteiger partial charge < -0.3 is 19.9 Å². The van der Waals surface area contributed by atoms with Gasteiger partial charge in [-0.15, -0.1) is 0 Å². The summed E-state index contributed by atoms with van der Waals surface area (Å²) in [6.07, 6.45) is 1.81. The van der Waals surface area contributed by atoms with E-state index in [1.807, 2.05) is 12.3 Å². The zero-order valence-electron chi connectivity index (χ0n) is 12.7. The van der Waals surface area contributed by atoms with Crippen molar-refractivity contribution in [2.75, 3.05) is 63.7 Å². The van der Waals surface area contributed by atoms with Crippen molar-refractivity contribution in [1.29, 1.82) is 0 Å². The first-order chi connectivity index (χ1) is 9.69. The Balaban J connectivity index is 2.07. The Bertz CT molecular complexity index is 412. The Morgan fingerprint density at radius 1 is 1.50 bits per heavy atom. The molecule has 1 fully saturated rings. The molecule has 0 amide bonds. The third-order valence-corrected chi connectivity index (χ3v) is 3.24. The standard InChI is InChI=1S/C14H25N5O/c1-4-15-13-5-6-16-14(17-13)19-7-8-20-11-12(10-19)9-18(2)3/h5-6,12H,4,7-11H2,1-3H3,(H,15,16,17). The number of rotatable bonds is 5. The van der Waals surface area contributed by atoms with E-state index in [9.17, 15) is 0 Å². The molecule has 1 atom stereocenters. The van der Waals surface area contributed by atoms with E-state index in [1.165, 1.54) is 0 Å². The lowest BCUT2D eigenvalue weighted by Gasteiger charge is -2.25. The lowest BCUT2D eigenvalue weighted by Crippen LogP contribution is -2.35. The maximum atomic E-state index is 5.70. The Hall–Kier alpha value is -1.40. The SMILES string of the molecule is CCNc1ccnc(N2CCOCC(CN(C)C)C2)n1. The molecule has 1 saturated heterocycles. The van der Waals surface area contributed by atoms with Gasteiger partial charge in [0.2, 0.25) is 5.95 Å². The van der Waals surface area contributed by atoms with Crippen molar-refractivity contribution >= 4 is 11.8 Å². The minimum Gasteiger partial charge on any atom is -0.379 e. The van der Waals surface area contributed by atoms with Crippen molar-refractivity contribution in [2.24, 2.45) is 5.92 Å². The average molecular weight is 279 g/mol. The van der Waals surface area contributed by atoms with Crippen LogP contribution in [0.15, 0.2) is 12.3 Å². The summed E-state index contributed by atoms with van der Waals surface area (Å²) in [4.78, 5) is 13.4. The van der Waals surface area contributed by atoms with Crippen molar-refractivity contribution in [3.05, 3.63) is 12.3 Å². The zero-order valence-corrected chi connectivity index (χ0v) is 12.7. The van der Waals surface area contributed by atoms with Gasteiger partial charge >= 0.3 is 0 Å². The van der Waals surface area contributed by atoms with Crippen LogP contribution in [0.1, 0.15) is 6.92 Å². The van der Waals surface area contributed by atoms with E-state index >= 15 is 0 Å². The van der Waals surface area contributed by atoms with E-state index < -0.39 is 0 Å². The zero-order chi connectivity index (χ0) is 14.4. The fraction of sp³-hybridized carbons (Fsp3) is 0.714. The maximum Gasteiger partial charge on any atom is 0.227 e. The molecule has 1 aromatic heterocycles. The van der Waals surface area contributed by atoms with Gasteiger partial charge in [-0.2, -0.15) is 4.98 Å². The summed E-state index contributed by atoms with van der Waals surface area (Å²) >= 11 is 0. The van der Waals surface area contributed by atoms with Crippen molar-refractivity contribution < 1.29 is 4.74 Å². The molecule has 1 aliphatic heterocycles. The molecule has 0 spiro atoms. The topological polar surface area (TPSA) is 53.5 Å². The van der Waals surface area contributed by atoms with Gasteiger partial charge in [0.05, 0.1) is 13.2 Å². The normalized spacial score (nSPS) is 20.0. The van der Waals surface area contributed by atoms with Crippen molar-refractivity contribution in [3.63, 3.8) is 0 Å². The molecule has 0 bridgehead atoms. The van der Waals surface area contributed by atoms with Gasteiger partial charge in [0, 0.05) is 38.3 Å². The first-order valence-electron chi connectivity index (χ1n) is 7.23. The predicted molar refractivity (Wildman–Crippen MR) is 81.3 cm³/mol. The van der Waals surface area contributed by atoms with Crippen LogP contribution in [0.2, 0.25) is 0 Å². The highest BCUT2D eigenvalue weighted by molar-refractivity contribution is 5.41. The quantitative estimate of drug-likeness (QED) is 0.865. The van der Waals surface area contributed by atoms with Gasteiger partial charge in [0.15, 0.2) is 0 Å². The molecule has 0 saturated carbocycles. The Morgan fingerprint density at radius 2 is 2.35 bits per heavy atom. The van der Waals surface area contributed by atoms with Gasteiger partial charge in [-0.3, -0.25) is 0 Å². The molecule has 2 heterocycles. The molecule has 1 unspecified atom stereocenters. The summed E-state index contributed by atoms with van der Waals surface area (Å²) in [5.41, 5.74) is 0. The summed E-state index contributed by atoms with van der Waals surface area (Å²) in [6.45, 7) is 7.27. The average Bonchev–Trinajstić information content (AvgIpc) is 2.64. The van der Waals surface area contributed by atoms with Crippen molar-refractivity contribution in [1.82, 2.24) is 14.9 Å². The number of aromatic nitrogens is 2. The second kappa shape index (κ2) is 7.40. The van der Waals surface area contributed by atoms with Gasteiger partial charge in [-0.25, -0.2) is 4.98 Å². The van der Waals surface area contributed by atoms with E-state index in [4.69, 9.17) is 4.74 Å². The summed E-state index contributed by atoms with van der Waals surface area (Å²) in [7, 11) is 4.19. The molecule has 6 heteroatoms. The van der Waals surface area contributed by atoms with E-state index in [1.54, 1.807) is 0 Å². The summed E-state index contributed by atoms with van der Waals surface area (Å²) < 4.78 is 5.70. The summed E-state index contributed by atoms with van der Waals surface area (Å²) in [6, 6.07) is 1.90. The van der Waals surface area contributed by atoms with Crippen LogP contribution in [0.4, 0.5) is 11.8 Å². The minimum atomic E-state index is 0.485. The second-order valence-electron chi connectivity index (χ2n) is 5.42. The van der Waals surface area contributed by atoms with Gasteiger partial charge in [-0.1, -0.05) is 0 Å². The molecule has 0 radical (unpaired) electrons. The molecule has 1 aliphatic rings. The Labute approximate surface area is 121 Å². The number of hydrogen-bond donors (Lipinski definition) is 1. The molecule has 1 N–H and O–H groups in total. The molecule has 0 aromatic carbocycles. The molecule has 20 heavy (non-hydrogen) atoms. The van der Waals surface area contributed by atoms with Gasteiger partial charge in [-0.05, 0) is 27.1 Å². The van der Waals surface area contributed by atoms with Crippen LogP contribution in [0, 0.1) is 5.92 Å². The van der Waals surface area contributed by atoms with Crippen LogP contribution < -0.4 is 10.2 Å². The van der Waals surface area contributed by atoms with Crippen LogP contribution in [0.3, 0.4) is 0 Å². The number of nitrogens with zero attached hydrogens (tertiary/aromatic N) is 4. The van der Waals surface area contributed by atoms with Crippen molar-refractivity contribution in [2.45, 2.75) is 6.92 Å². The second-order valence-corrected chi connectivity index (χ2v) is 5.42. The largest absolute Gasteiger partial charge is 0.379 e. The van der Waals surface area contributed by atoms with E-state index in [-0.39, 0.29) is 0 Å². The molecule has 1 aromatic rings. The number of hydrogen-bond acceptors (Lipinski definition) is 6. The van der Waals surface area contributed by atoms with Crippen LogP contribution in [-0.4, -0.2) is 68.4 Å².